The second-order valence-corrected chi connectivity index (χ2v) is 10.8. The van der Waals surface area contributed by atoms with Gasteiger partial charge in [0.1, 0.15) is 0 Å². The number of thioether (sulfide) groups is 1. The lowest BCUT2D eigenvalue weighted by Gasteiger charge is -2.31. The van der Waals surface area contributed by atoms with Gasteiger partial charge in [-0.15, -0.1) is 11.3 Å². The van der Waals surface area contributed by atoms with Crippen molar-refractivity contribution in [1.82, 2.24) is 20.5 Å². The van der Waals surface area contributed by atoms with E-state index in [1.165, 1.54) is 61.6 Å². The molecule has 0 amide bonds. The van der Waals surface area contributed by atoms with Crippen molar-refractivity contribution in [2.75, 3.05) is 31.9 Å². The van der Waals surface area contributed by atoms with Crippen molar-refractivity contribution in [2.45, 2.75) is 77.1 Å². The quantitative estimate of drug-likeness (QED) is 0.449. The Labute approximate surface area is 185 Å². The molecule has 1 aromatic heterocycles. The maximum Gasteiger partial charge on any atom is 0.191 e. The number of hydrogen-bond donors (Lipinski definition) is 2. The van der Waals surface area contributed by atoms with Crippen molar-refractivity contribution in [3.05, 3.63) is 16.1 Å². The van der Waals surface area contributed by atoms with Crippen LogP contribution in [0.4, 0.5) is 0 Å². The van der Waals surface area contributed by atoms with Crippen LogP contribution in [0.25, 0.3) is 0 Å². The van der Waals surface area contributed by atoms with Crippen molar-refractivity contribution < 1.29 is 0 Å². The van der Waals surface area contributed by atoms with Crippen LogP contribution in [0, 0.1) is 5.92 Å². The third-order valence-corrected chi connectivity index (χ3v) is 8.25. The summed E-state index contributed by atoms with van der Waals surface area (Å²) in [5.41, 5.74) is 1.25. The zero-order chi connectivity index (χ0) is 20.5. The van der Waals surface area contributed by atoms with Crippen molar-refractivity contribution in [1.29, 1.82) is 0 Å². The van der Waals surface area contributed by atoms with Crippen molar-refractivity contribution in [3.8, 4) is 0 Å². The Balaban J connectivity index is 1.41. The van der Waals surface area contributed by atoms with Gasteiger partial charge in [0.2, 0.25) is 0 Å². The molecule has 1 aliphatic heterocycles. The number of nitrogens with one attached hydrogen (secondary N) is 2. The minimum atomic E-state index is 0.588. The van der Waals surface area contributed by atoms with Gasteiger partial charge < -0.3 is 10.6 Å². The highest BCUT2D eigenvalue weighted by Gasteiger charge is 2.25. The van der Waals surface area contributed by atoms with E-state index >= 15 is 0 Å². The van der Waals surface area contributed by atoms with E-state index in [1.54, 1.807) is 11.3 Å². The average Bonchev–Trinajstić information content (AvgIpc) is 3.37. The van der Waals surface area contributed by atoms with Crippen LogP contribution in [0.3, 0.4) is 0 Å². The molecular formula is C22H39N5S2. The molecule has 2 aliphatic rings. The van der Waals surface area contributed by atoms with Crippen LogP contribution < -0.4 is 10.6 Å². The smallest absolute Gasteiger partial charge is 0.191 e. The highest BCUT2D eigenvalue weighted by molar-refractivity contribution is 7.99. The second-order valence-electron chi connectivity index (χ2n) is 8.26. The summed E-state index contributed by atoms with van der Waals surface area (Å²) < 4.78 is 0. The molecule has 7 heteroatoms. The van der Waals surface area contributed by atoms with Crippen LogP contribution in [0.2, 0.25) is 0 Å². The van der Waals surface area contributed by atoms with E-state index in [9.17, 15) is 0 Å². The lowest BCUT2D eigenvalue weighted by atomic mass is 9.97. The number of nitrogens with zero attached hydrogens (tertiary/aromatic N) is 3. The van der Waals surface area contributed by atoms with Gasteiger partial charge in [-0.2, -0.15) is 11.8 Å². The first-order valence-corrected chi connectivity index (χ1v) is 13.4. The Kier molecular flexibility index (Phi) is 9.59. The number of likely N-dealkylation sites (tertiary alicyclic amines) is 1. The number of thiazole rings is 1. The molecule has 2 fully saturated rings. The first-order valence-electron chi connectivity index (χ1n) is 11.5. The summed E-state index contributed by atoms with van der Waals surface area (Å²) in [4.78, 5) is 12.2. The molecule has 5 nitrogen and oxygen atoms in total. The number of aliphatic imine (C=N–C) groups is 1. The first kappa shape index (κ1) is 22.9. The topological polar surface area (TPSA) is 52.6 Å². The minimum Gasteiger partial charge on any atom is -0.357 e. The summed E-state index contributed by atoms with van der Waals surface area (Å²) in [5.74, 6) is 2.96. The third kappa shape index (κ3) is 7.44. The van der Waals surface area contributed by atoms with Crippen molar-refractivity contribution >= 4 is 29.1 Å². The Morgan fingerprint density at radius 1 is 1.24 bits per heavy atom. The molecule has 1 saturated heterocycles. The van der Waals surface area contributed by atoms with Crippen LogP contribution in [0.5, 0.6) is 0 Å². The molecule has 164 valence electrons. The van der Waals surface area contributed by atoms with Gasteiger partial charge in [0, 0.05) is 36.3 Å². The molecule has 3 rings (SSSR count). The van der Waals surface area contributed by atoms with E-state index in [1.807, 2.05) is 0 Å². The predicted octanol–water partition coefficient (Wildman–Crippen LogP) is 4.15. The molecule has 2 heterocycles. The van der Waals surface area contributed by atoms with E-state index in [-0.39, 0.29) is 0 Å². The molecule has 0 aromatic carbocycles. The van der Waals surface area contributed by atoms with Crippen molar-refractivity contribution in [3.63, 3.8) is 0 Å². The molecule has 1 saturated carbocycles. The third-order valence-electron chi connectivity index (χ3n) is 5.97. The van der Waals surface area contributed by atoms with Crippen LogP contribution in [-0.2, 0) is 13.0 Å². The fourth-order valence-electron chi connectivity index (χ4n) is 4.33. The lowest BCUT2D eigenvalue weighted by molar-refractivity contribution is 0.179. The number of aromatic nitrogens is 1. The minimum absolute atomic E-state index is 0.588. The lowest BCUT2D eigenvalue weighted by Crippen LogP contribution is -2.43. The van der Waals surface area contributed by atoms with E-state index in [0.717, 1.165) is 37.3 Å². The zero-order valence-electron chi connectivity index (χ0n) is 18.5. The van der Waals surface area contributed by atoms with Crippen LogP contribution in [0.15, 0.2) is 10.4 Å². The maximum atomic E-state index is 4.95. The molecule has 2 N–H and O–H groups in total. The van der Waals surface area contributed by atoms with Gasteiger partial charge in [0.15, 0.2) is 5.96 Å². The molecule has 0 bridgehead atoms. The number of guanidine groups is 1. The molecule has 0 spiro atoms. The molecule has 2 unspecified atom stereocenters. The zero-order valence-corrected chi connectivity index (χ0v) is 20.1. The van der Waals surface area contributed by atoms with Gasteiger partial charge in [-0.25, -0.2) is 4.98 Å². The SMILES string of the molecule is CCNC(=NCC1CCN(Cc2csc(CC)n2)CC1)NC1CCC(SCC)C1. The van der Waals surface area contributed by atoms with Gasteiger partial charge in [0.25, 0.3) is 0 Å². The summed E-state index contributed by atoms with van der Waals surface area (Å²) >= 11 is 3.91. The first-order chi connectivity index (χ1) is 14.2. The Bertz CT molecular complexity index is 624. The average molecular weight is 438 g/mol. The number of aryl methyl sites for hydroxylation is 1. The Morgan fingerprint density at radius 2 is 2.07 bits per heavy atom. The highest BCUT2D eigenvalue weighted by Crippen LogP contribution is 2.29. The molecule has 1 aliphatic carbocycles. The van der Waals surface area contributed by atoms with E-state index in [4.69, 9.17) is 9.98 Å². The standard InChI is InChI=1S/C22H39N5S2/c1-4-21-25-19(16-29-21)15-27-11-9-17(10-12-27)14-24-22(23-5-2)26-18-7-8-20(13-18)28-6-3/h16-18,20H,4-15H2,1-3H3,(H2,23,24,26). The van der Waals surface area contributed by atoms with Gasteiger partial charge in [-0.1, -0.05) is 13.8 Å². The van der Waals surface area contributed by atoms with Gasteiger partial charge in [0.05, 0.1) is 10.7 Å². The number of rotatable bonds is 9. The Hall–Kier alpha value is -0.790. The van der Waals surface area contributed by atoms with Gasteiger partial charge >= 0.3 is 0 Å². The van der Waals surface area contributed by atoms with E-state index < -0.39 is 0 Å². The largest absolute Gasteiger partial charge is 0.357 e. The summed E-state index contributed by atoms with van der Waals surface area (Å²) in [6.45, 7) is 11.8. The molecule has 0 radical (unpaired) electrons. The van der Waals surface area contributed by atoms with E-state index in [2.05, 4.69) is 53.4 Å². The summed E-state index contributed by atoms with van der Waals surface area (Å²) in [6, 6.07) is 0.588. The van der Waals surface area contributed by atoms with Gasteiger partial charge in [-0.05, 0) is 70.2 Å². The highest BCUT2D eigenvalue weighted by atomic mass is 32.2. The monoisotopic (exact) mass is 437 g/mol. The van der Waals surface area contributed by atoms with Crippen LogP contribution in [0.1, 0.15) is 63.6 Å². The summed E-state index contributed by atoms with van der Waals surface area (Å²) in [5, 5.41) is 11.5. The normalized spacial score (nSPS) is 24.2. The van der Waals surface area contributed by atoms with Crippen LogP contribution in [-0.4, -0.2) is 59.1 Å². The molecular weight excluding hydrogens is 398 g/mol. The maximum absolute atomic E-state index is 4.95. The van der Waals surface area contributed by atoms with Crippen LogP contribution >= 0.6 is 23.1 Å². The fourth-order valence-corrected chi connectivity index (χ4v) is 6.21. The molecule has 1 aromatic rings. The second kappa shape index (κ2) is 12.2. The summed E-state index contributed by atoms with van der Waals surface area (Å²) in [6.07, 6.45) is 7.42. The molecule has 2 atom stereocenters. The Morgan fingerprint density at radius 3 is 2.76 bits per heavy atom. The fraction of sp³-hybridized carbons (Fsp3) is 0.818. The molecule has 29 heavy (non-hydrogen) atoms. The van der Waals surface area contributed by atoms with E-state index in [0.29, 0.717) is 12.0 Å². The summed E-state index contributed by atoms with van der Waals surface area (Å²) in [7, 11) is 0. The number of hydrogen-bond acceptors (Lipinski definition) is 5. The van der Waals surface area contributed by atoms with Crippen molar-refractivity contribution in [2.24, 2.45) is 10.9 Å². The predicted molar refractivity (Wildman–Crippen MR) is 128 cm³/mol. The number of piperidine rings is 1. The van der Waals surface area contributed by atoms with Gasteiger partial charge in [-0.3, -0.25) is 9.89 Å².